The average Bonchev–Trinajstić information content (AvgIpc) is 2.57. The van der Waals surface area contributed by atoms with Gasteiger partial charge < -0.3 is 5.32 Å². The van der Waals surface area contributed by atoms with E-state index in [4.69, 9.17) is 0 Å². The maximum atomic E-state index is 12.4. The number of hydrogen-bond donors (Lipinski definition) is 1. The fraction of sp³-hybridized carbons (Fsp3) is 0.300. The van der Waals surface area contributed by atoms with E-state index >= 15 is 0 Å². The SMILES string of the molecule is O=S1(=O)C=CC(Nc2cccc(C(F)(F)F)n2)C1. The molecule has 2 rings (SSSR count). The third-order valence-electron chi connectivity index (χ3n) is 2.30. The van der Waals surface area contributed by atoms with E-state index < -0.39 is 27.7 Å². The first-order valence-corrected chi connectivity index (χ1v) is 6.69. The van der Waals surface area contributed by atoms with Crippen LogP contribution in [0.2, 0.25) is 0 Å². The molecular formula is C10H9F3N2O2S. The molecule has 1 atom stereocenters. The van der Waals surface area contributed by atoms with Gasteiger partial charge in [-0.25, -0.2) is 13.4 Å². The molecule has 1 aliphatic heterocycles. The van der Waals surface area contributed by atoms with Crippen LogP contribution in [0.1, 0.15) is 5.69 Å². The van der Waals surface area contributed by atoms with Crippen molar-refractivity contribution in [2.24, 2.45) is 0 Å². The van der Waals surface area contributed by atoms with Crippen molar-refractivity contribution in [2.45, 2.75) is 12.2 Å². The lowest BCUT2D eigenvalue weighted by atomic mass is 10.3. The number of alkyl halides is 3. The highest BCUT2D eigenvalue weighted by molar-refractivity contribution is 7.94. The van der Waals surface area contributed by atoms with Crippen LogP contribution >= 0.6 is 0 Å². The minimum absolute atomic E-state index is 0.00317. The van der Waals surface area contributed by atoms with E-state index in [2.05, 4.69) is 10.3 Å². The number of halogens is 3. The summed E-state index contributed by atoms with van der Waals surface area (Å²) in [6, 6.07) is 2.87. The van der Waals surface area contributed by atoms with Gasteiger partial charge in [0.1, 0.15) is 11.5 Å². The first-order chi connectivity index (χ1) is 8.26. The molecule has 1 N–H and O–H groups in total. The lowest BCUT2D eigenvalue weighted by Gasteiger charge is -2.12. The quantitative estimate of drug-likeness (QED) is 0.896. The molecule has 0 aliphatic carbocycles. The number of pyridine rings is 1. The molecule has 8 heteroatoms. The van der Waals surface area contributed by atoms with Gasteiger partial charge in [0.05, 0.1) is 11.8 Å². The predicted molar refractivity (Wildman–Crippen MR) is 59.6 cm³/mol. The standard InChI is InChI=1S/C10H9F3N2O2S/c11-10(12,13)8-2-1-3-9(15-8)14-7-4-5-18(16,17)6-7/h1-5,7H,6H2,(H,14,15). The molecule has 1 unspecified atom stereocenters. The van der Waals surface area contributed by atoms with Crippen molar-refractivity contribution in [1.29, 1.82) is 0 Å². The monoisotopic (exact) mass is 278 g/mol. The van der Waals surface area contributed by atoms with Crippen LogP contribution in [-0.2, 0) is 16.0 Å². The summed E-state index contributed by atoms with van der Waals surface area (Å²) >= 11 is 0. The summed E-state index contributed by atoms with van der Waals surface area (Å²) in [6.07, 6.45) is -3.13. The smallest absolute Gasteiger partial charge is 0.363 e. The predicted octanol–water partition coefficient (Wildman–Crippen LogP) is 1.82. The van der Waals surface area contributed by atoms with Crippen molar-refractivity contribution in [3.05, 3.63) is 35.4 Å². The van der Waals surface area contributed by atoms with Gasteiger partial charge in [-0.2, -0.15) is 13.2 Å². The van der Waals surface area contributed by atoms with Crippen LogP contribution in [0, 0.1) is 0 Å². The second-order valence-corrected chi connectivity index (χ2v) is 5.75. The molecule has 2 heterocycles. The van der Waals surface area contributed by atoms with Crippen LogP contribution in [0.4, 0.5) is 19.0 Å². The molecule has 0 spiro atoms. The van der Waals surface area contributed by atoms with Gasteiger partial charge in [-0.15, -0.1) is 0 Å². The van der Waals surface area contributed by atoms with Crippen molar-refractivity contribution in [3.8, 4) is 0 Å². The Balaban J connectivity index is 2.14. The molecule has 0 radical (unpaired) electrons. The van der Waals surface area contributed by atoms with Crippen molar-refractivity contribution < 1.29 is 21.6 Å². The summed E-state index contributed by atoms with van der Waals surface area (Å²) in [5.41, 5.74) is -1.02. The molecule has 0 saturated carbocycles. The Labute approximate surface area is 101 Å². The lowest BCUT2D eigenvalue weighted by molar-refractivity contribution is -0.141. The van der Waals surface area contributed by atoms with Gasteiger partial charge in [0.15, 0.2) is 9.84 Å². The average molecular weight is 278 g/mol. The summed E-state index contributed by atoms with van der Waals surface area (Å²) in [5, 5.41) is 3.67. The Hall–Kier alpha value is -1.57. The van der Waals surface area contributed by atoms with Crippen molar-refractivity contribution in [2.75, 3.05) is 11.1 Å². The number of anilines is 1. The Kier molecular flexibility index (Phi) is 3.05. The third kappa shape index (κ3) is 3.00. The Morgan fingerprint density at radius 3 is 2.61 bits per heavy atom. The van der Waals surface area contributed by atoms with Crippen LogP contribution in [0.25, 0.3) is 0 Å². The maximum absolute atomic E-state index is 12.4. The van der Waals surface area contributed by atoms with Gasteiger partial charge in [0, 0.05) is 5.41 Å². The van der Waals surface area contributed by atoms with Crippen molar-refractivity contribution in [1.82, 2.24) is 4.98 Å². The molecule has 4 nitrogen and oxygen atoms in total. The molecule has 0 bridgehead atoms. The van der Waals surface area contributed by atoms with Crippen LogP contribution in [0.5, 0.6) is 0 Å². The van der Waals surface area contributed by atoms with Crippen LogP contribution in [0.3, 0.4) is 0 Å². The maximum Gasteiger partial charge on any atom is 0.433 e. The van der Waals surface area contributed by atoms with Crippen LogP contribution < -0.4 is 5.32 Å². The minimum Gasteiger partial charge on any atom is -0.363 e. The molecule has 1 aromatic rings. The second kappa shape index (κ2) is 4.27. The minimum atomic E-state index is -4.52. The second-order valence-electron chi connectivity index (χ2n) is 3.81. The molecule has 0 fully saturated rings. The number of nitrogens with one attached hydrogen (secondary N) is 1. The van der Waals surface area contributed by atoms with Gasteiger partial charge in [0.25, 0.3) is 0 Å². The molecule has 1 aliphatic rings. The van der Waals surface area contributed by atoms with E-state index in [0.717, 1.165) is 11.5 Å². The molecular weight excluding hydrogens is 269 g/mol. The fourth-order valence-corrected chi connectivity index (χ4v) is 2.76. The number of sulfone groups is 1. The topological polar surface area (TPSA) is 59.1 Å². The van der Waals surface area contributed by atoms with E-state index in [1.165, 1.54) is 18.2 Å². The Bertz CT molecular complexity index is 581. The van der Waals surface area contributed by atoms with E-state index in [9.17, 15) is 21.6 Å². The normalized spacial score (nSPS) is 22.1. The first kappa shape index (κ1) is 12.9. The fourth-order valence-electron chi connectivity index (χ4n) is 1.53. The van der Waals surface area contributed by atoms with Crippen LogP contribution in [0.15, 0.2) is 29.7 Å². The zero-order valence-electron chi connectivity index (χ0n) is 8.98. The van der Waals surface area contributed by atoms with Gasteiger partial charge in [-0.05, 0) is 18.2 Å². The highest BCUT2D eigenvalue weighted by Crippen LogP contribution is 2.28. The summed E-state index contributed by atoms with van der Waals surface area (Å²) in [7, 11) is -3.25. The molecule has 0 saturated heterocycles. The van der Waals surface area contributed by atoms with Crippen molar-refractivity contribution in [3.63, 3.8) is 0 Å². The lowest BCUT2D eigenvalue weighted by Crippen LogP contribution is -2.22. The van der Waals surface area contributed by atoms with E-state index in [1.807, 2.05) is 0 Å². The molecule has 0 aromatic carbocycles. The number of hydrogen-bond acceptors (Lipinski definition) is 4. The summed E-state index contributed by atoms with van der Waals surface area (Å²) in [4.78, 5) is 3.39. The van der Waals surface area contributed by atoms with Gasteiger partial charge in [-0.3, -0.25) is 0 Å². The van der Waals surface area contributed by atoms with E-state index in [1.54, 1.807) is 0 Å². The summed E-state index contributed by atoms with van der Waals surface area (Å²) < 4.78 is 59.5. The van der Waals surface area contributed by atoms with Gasteiger partial charge in [-0.1, -0.05) is 6.07 Å². The first-order valence-electron chi connectivity index (χ1n) is 4.98. The van der Waals surface area contributed by atoms with Crippen LogP contribution in [-0.4, -0.2) is 25.2 Å². The molecule has 0 amide bonds. The highest BCUT2D eigenvalue weighted by Gasteiger charge is 2.32. The largest absolute Gasteiger partial charge is 0.433 e. The molecule has 1 aromatic heterocycles. The zero-order valence-corrected chi connectivity index (χ0v) is 9.79. The van der Waals surface area contributed by atoms with Gasteiger partial charge in [0.2, 0.25) is 0 Å². The third-order valence-corrected chi connectivity index (χ3v) is 3.70. The van der Waals surface area contributed by atoms with Gasteiger partial charge >= 0.3 is 6.18 Å². The molecule has 98 valence electrons. The zero-order chi connectivity index (χ0) is 13.4. The number of rotatable bonds is 2. The van der Waals surface area contributed by atoms with Crippen molar-refractivity contribution >= 4 is 15.7 Å². The molecule has 18 heavy (non-hydrogen) atoms. The number of nitrogens with zero attached hydrogens (tertiary/aromatic N) is 1. The highest BCUT2D eigenvalue weighted by atomic mass is 32.2. The van der Waals surface area contributed by atoms with E-state index in [0.29, 0.717) is 0 Å². The Morgan fingerprint density at radius 2 is 2.06 bits per heavy atom. The number of aromatic nitrogens is 1. The Morgan fingerprint density at radius 1 is 1.33 bits per heavy atom. The summed E-state index contributed by atoms with van der Waals surface area (Å²) in [6.45, 7) is 0. The summed E-state index contributed by atoms with van der Waals surface area (Å²) in [5.74, 6) is -0.179. The van der Waals surface area contributed by atoms with E-state index in [-0.39, 0.29) is 11.6 Å².